The Labute approximate surface area is 197 Å². The summed E-state index contributed by atoms with van der Waals surface area (Å²) in [6.45, 7) is 0.800. The minimum atomic E-state index is -3.85. The number of hydrogen-bond acceptors (Lipinski definition) is 5. The van der Waals surface area contributed by atoms with E-state index in [4.69, 9.17) is 27.9 Å². The molecule has 1 atom stereocenters. The van der Waals surface area contributed by atoms with Crippen LogP contribution in [0.25, 0.3) is 0 Å². The second-order valence-corrected chi connectivity index (χ2v) is 10.7. The highest BCUT2D eigenvalue weighted by Crippen LogP contribution is 2.37. The van der Waals surface area contributed by atoms with Crippen molar-refractivity contribution in [2.75, 3.05) is 32.8 Å². The molecule has 2 heterocycles. The summed E-state index contributed by atoms with van der Waals surface area (Å²) in [5.74, 6) is -0.287. The van der Waals surface area contributed by atoms with Crippen molar-refractivity contribution in [1.82, 2.24) is 9.21 Å². The lowest BCUT2D eigenvalue weighted by atomic mass is 9.84. The fourth-order valence-electron chi connectivity index (χ4n) is 4.20. The van der Waals surface area contributed by atoms with Gasteiger partial charge in [-0.25, -0.2) is 8.42 Å². The van der Waals surface area contributed by atoms with Crippen LogP contribution in [0, 0.1) is 0 Å². The summed E-state index contributed by atoms with van der Waals surface area (Å²) in [7, 11) is -3.85. The first-order valence-corrected chi connectivity index (χ1v) is 12.5. The molecule has 10 heteroatoms. The SMILES string of the molecule is O=C([C@@H]1CN(S(=O)(=O)c2ccccc2Cl)CCO1)N1CCC(O)(c2ccccc2Cl)CC1. The molecule has 0 saturated carbocycles. The predicted molar refractivity (Wildman–Crippen MR) is 121 cm³/mol. The second-order valence-electron chi connectivity index (χ2n) is 7.99. The Kier molecular flexibility index (Phi) is 6.81. The number of morpholine rings is 1. The number of piperidine rings is 1. The molecule has 0 aliphatic carbocycles. The summed E-state index contributed by atoms with van der Waals surface area (Å²) < 4.78 is 33.0. The van der Waals surface area contributed by atoms with E-state index in [0.717, 1.165) is 0 Å². The number of benzene rings is 2. The number of rotatable bonds is 4. The standard InChI is InChI=1S/C22H24Cl2N2O5S/c23-17-6-2-1-5-16(17)22(28)9-11-25(12-10-22)21(27)19-15-26(13-14-31-19)32(29,30)20-8-4-3-7-18(20)24/h1-8,19,28H,9-15H2/t19-/m0/s1. The Morgan fingerprint density at radius 2 is 1.62 bits per heavy atom. The highest BCUT2D eigenvalue weighted by Gasteiger charge is 2.41. The highest BCUT2D eigenvalue weighted by molar-refractivity contribution is 7.89. The van der Waals surface area contributed by atoms with E-state index in [1.165, 1.54) is 16.4 Å². The third-order valence-corrected chi connectivity index (χ3v) is 8.73. The zero-order valence-corrected chi connectivity index (χ0v) is 19.6. The summed E-state index contributed by atoms with van der Waals surface area (Å²) in [6, 6.07) is 13.4. The molecule has 2 aliphatic rings. The van der Waals surface area contributed by atoms with Gasteiger partial charge in [-0.3, -0.25) is 4.79 Å². The fourth-order valence-corrected chi connectivity index (χ4v) is 6.42. The molecule has 0 spiro atoms. The molecule has 2 fully saturated rings. The van der Waals surface area contributed by atoms with Gasteiger partial charge < -0.3 is 14.7 Å². The molecule has 0 bridgehead atoms. The third-order valence-electron chi connectivity index (χ3n) is 6.04. The number of nitrogens with zero attached hydrogens (tertiary/aromatic N) is 2. The largest absolute Gasteiger partial charge is 0.385 e. The van der Waals surface area contributed by atoms with Gasteiger partial charge in [-0.05, 0) is 31.0 Å². The van der Waals surface area contributed by atoms with Gasteiger partial charge in [-0.2, -0.15) is 4.31 Å². The summed E-state index contributed by atoms with van der Waals surface area (Å²) in [6.07, 6.45) is -0.249. The summed E-state index contributed by atoms with van der Waals surface area (Å²) in [5.41, 5.74) is -0.457. The monoisotopic (exact) mass is 498 g/mol. The van der Waals surface area contributed by atoms with Gasteiger partial charge in [0, 0.05) is 36.8 Å². The van der Waals surface area contributed by atoms with E-state index < -0.39 is 21.7 Å². The molecule has 2 saturated heterocycles. The van der Waals surface area contributed by atoms with Gasteiger partial charge >= 0.3 is 0 Å². The van der Waals surface area contributed by atoms with Gasteiger partial charge in [0.2, 0.25) is 10.0 Å². The molecule has 7 nitrogen and oxygen atoms in total. The minimum absolute atomic E-state index is 0.0116. The average molecular weight is 499 g/mol. The molecule has 2 aromatic rings. The van der Waals surface area contributed by atoms with Crippen LogP contribution in [0.4, 0.5) is 0 Å². The fraction of sp³-hybridized carbons (Fsp3) is 0.409. The van der Waals surface area contributed by atoms with Crippen molar-refractivity contribution in [3.8, 4) is 0 Å². The number of sulfonamides is 1. The lowest BCUT2D eigenvalue weighted by molar-refractivity contribution is -0.151. The Bertz CT molecular complexity index is 1100. The summed E-state index contributed by atoms with van der Waals surface area (Å²) in [4.78, 5) is 14.7. The second kappa shape index (κ2) is 9.29. The lowest BCUT2D eigenvalue weighted by Crippen LogP contribution is -2.55. The van der Waals surface area contributed by atoms with E-state index in [-0.39, 0.29) is 35.5 Å². The molecule has 2 aliphatic heterocycles. The summed E-state index contributed by atoms with van der Waals surface area (Å²) >= 11 is 12.3. The predicted octanol–water partition coefficient (Wildman–Crippen LogP) is 2.89. The van der Waals surface area contributed by atoms with Crippen molar-refractivity contribution in [2.45, 2.75) is 29.4 Å². The van der Waals surface area contributed by atoms with Crippen LogP contribution < -0.4 is 0 Å². The van der Waals surface area contributed by atoms with Crippen LogP contribution in [-0.2, 0) is 25.2 Å². The zero-order chi connectivity index (χ0) is 22.9. The van der Waals surface area contributed by atoms with Crippen LogP contribution in [0.2, 0.25) is 10.0 Å². The van der Waals surface area contributed by atoms with Crippen molar-refractivity contribution >= 4 is 39.1 Å². The number of hydrogen-bond donors (Lipinski definition) is 1. The molecule has 32 heavy (non-hydrogen) atoms. The van der Waals surface area contributed by atoms with E-state index in [9.17, 15) is 18.3 Å². The van der Waals surface area contributed by atoms with Gasteiger partial charge in [0.15, 0.2) is 0 Å². The van der Waals surface area contributed by atoms with Crippen LogP contribution in [-0.4, -0.2) is 67.5 Å². The van der Waals surface area contributed by atoms with Gasteiger partial charge in [0.25, 0.3) is 5.91 Å². The number of halogens is 2. The van der Waals surface area contributed by atoms with Crippen molar-refractivity contribution < 1.29 is 23.1 Å². The highest BCUT2D eigenvalue weighted by atomic mass is 35.5. The Balaban J connectivity index is 1.43. The Morgan fingerprint density at radius 3 is 2.28 bits per heavy atom. The number of carbonyl (C=O) groups excluding carboxylic acids is 1. The molecular weight excluding hydrogens is 475 g/mol. The molecule has 0 radical (unpaired) electrons. The maximum absolute atomic E-state index is 13.1. The van der Waals surface area contributed by atoms with Crippen molar-refractivity contribution in [1.29, 1.82) is 0 Å². The molecule has 1 amide bonds. The molecule has 1 N–H and O–H groups in total. The molecule has 172 valence electrons. The average Bonchev–Trinajstić information content (AvgIpc) is 2.79. The minimum Gasteiger partial charge on any atom is -0.385 e. The first-order chi connectivity index (χ1) is 15.2. The van der Waals surface area contributed by atoms with Crippen LogP contribution in [0.1, 0.15) is 18.4 Å². The van der Waals surface area contributed by atoms with E-state index >= 15 is 0 Å². The van der Waals surface area contributed by atoms with E-state index in [0.29, 0.717) is 36.5 Å². The van der Waals surface area contributed by atoms with Crippen LogP contribution in [0.3, 0.4) is 0 Å². The van der Waals surface area contributed by atoms with Crippen molar-refractivity contribution in [2.24, 2.45) is 0 Å². The smallest absolute Gasteiger partial charge is 0.253 e. The normalized spacial score (nSPS) is 22.0. The first kappa shape index (κ1) is 23.5. The van der Waals surface area contributed by atoms with E-state index in [1.54, 1.807) is 35.2 Å². The number of amides is 1. The van der Waals surface area contributed by atoms with Gasteiger partial charge in [-0.1, -0.05) is 53.5 Å². The molecule has 2 aromatic carbocycles. The van der Waals surface area contributed by atoms with Gasteiger partial charge in [0.1, 0.15) is 11.0 Å². The maximum atomic E-state index is 13.1. The van der Waals surface area contributed by atoms with Crippen LogP contribution >= 0.6 is 23.2 Å². The topological polar surface area (TPSA) is 87.2 Å². The Morgan fingerprint density at radius 1 is 1.00 bits per heavy atom. The Hall–Kier alpha value is -1.68. The number of likely N-dealkylation sites (tertiary alicyclic amines) is 1. The van der Waals surface area contributed by atoms with E-state index in [2.05, 4.69) is 0 Å². The van der Waals surface area contributed by atoms with Crippen LogP contribution in [0.15, 0.2) is 53.4 Å². The number of aliphatic hydroxyl groups is 1. The first-order valence-electron chi connectivity index (χ1n) is 10.3. The van der Waals surface area contributed by atoms with Crippen molar-refractivity contribution in [3.63, 3.8) is 0 Å². The molecular formula is C22H24Cl2N2O5S. The molecule has 0 unspecified atom stereocenters. The summed E-state index contributed by atoms with van der Waals surface area (Å²) in [5, 5.41) is 11.7. The number of carbonyl (C=O) groups is 1. The quantitative estimate of drug-likeness (QED) is 0.699. The van der Waals surface area contributed by atoms with Crippen molar-refractivity contribution in [3.05, 3.63) is 64.1 Å². The number of ether oxygens (including phenoxy) is 1. The molecule has 4 rings (SSSR count). The van der Waals surface area contributed by atoms with Gasteiger partial charge in [-0.15, -0.1) is 0 Å². The lowest BCUT2D eigenvalue weighted by Gasteiger charge is -2.41. The van der Waals surface area contributed by atoms with Crippen LogP contribution in [0.5, 0.6) is 0 Å². The third kappa shape index (κ3) is 4.53. The van der Waals surface area contributed by atoms with Gasteiger partial charge in [0.05, 0.1) is 17.2 Å². The zero-order valence-electron chi connectivity index (χ0n) is 17.3. The molecule has 0 aromatic heterocycles. The maximum Gasteiger partial charge on any atom is 0.253 e. The van der Waals surface area contributed by atoms with E-state index in [1.807, 2.05) is 6.07 Å².